The van der Waals surface area contributed by atoms with Gasteiger partial charge in [0.1, 0.15) is 5.75 Å². The first-order valence-electron chi connectivity index (χ1n) is 5.13. The third-order valence-electron chi connectivity index (χ3n) is 2.52. The number of benzene rings is 1. The van der Waals surface area contributed by atoms with E-state index in [0.717, 1.165) is 10.9 Å². The highest BCUT2D eigenvalue weighted by molar-refractivity contribution is 9.10. The molecule has 2 rings (SSSR count). The fraction of sp³-hybridized carbons (Fsp3) is 0.364. The average molecular weight is 285 g/mol. The molecule has 0 aromatic heterocycles. The first-order valence-corrected chi connectivity index (χ1v) is 5.93. The largest absolute Gasteiger partial charge is 0.415 e. The number of ether oxygens (including phenoxy) is 1. The summed E-state index contributed by atoms with van der Waals surface area (Å²) in [5.41, 5.74) is 5.73. The molecular formula is C11H13BrN2O2. The van der Waals surface area contributed by atoms with Gasteiger partial charge in [-0.2, -0.15) is 0 Å². The normalized spacial score (nSPS) is 19.9. The van der Waals surface area contributed by atoms with E-state index in [9.17, 15) is 4.79 Å². The van der Waals surface area contributed by atoms with Gasteiger partial charge in [-0.25, -0.2) is 4.79 Å². The lowest BCUT2D eigenvalue weighted by molar-refractivity contribution is 0.162. The fourth-order valence-electron chi connectivity index (χ4n) is 1.64. The fourth-order valence-corrected chi connectivity index (χ4v) is 2.00. The maximum Gasteiger partial charge on any atom is 0.415 e. The minimum Gasteiger partial charge on any atom is -0.409 e. The van der Waals surface area contributed by atoms with Crippen molar-refractivity contribution in [3.05, 3.63) is 28.7 Å². The van der Waals surface area contributed by atoms with Crippen LogP contribution in [-0.2, 0) is 0 Å². The van der Waals surface area contributed by atoms with Crippen LogP contribution in [0.3, 0.4) is 0 Å². The van der Waals surface area contributed by atoms with Gasteiger partial charge in [0.15, 0.2) is 0 Å². The summed E-state index contributed by atoms with van der Waals surface area (Å²) in [6, 6.07) is 7.35. The zero-order valence-electron chi connectivity index (χ0n) is 8.73. The number of likely N-dealkylation sites (tertiary alicyclic amines) is 1. The molecule has 1 aliphatic rings. The molecule has 0 bridgehead atoms. The smallest absolute Gasteiger partial charge is 0.409 e. The molecule has 0 spiro atoms. The van der Waals surface area contributed by atoms with Crippen LogP contribution >= 0.6 is 15.9 Å². The lowest BCUT2D eigenvalue weighted by atomic mass is 10.3. The predicted octanol–water partition coefficient (Wildman–Crippen LogP) is 1.98. The average Bonchev–Trinajstić information content (AvgIpc) is 2.68. The minimum atomic E-state index is -0.333. The molecule has 1 aromatic carbocycles. The quantitative estimate of drug-likeness (QED) is 0.858. The monoisotopic (exact) mass is 284 g/mol. The summed E-state index contributed by atoms with van der Waals surface area (Å²) in [4.78, 5) is 13.4. The number of carbonyl (C=O) groups excluding carboxylic acids is 1. The summed E-state index contributed by atoms with van der Waals surface area (Å²) in [5.74, 6) is 0.535. The molecule has 1 saturated heterocycles. The number of rotatable bonds is 1. The van der Waals surface area contributed by atoms with Crippen LogP contribution in [0, 0.1) is 0 Å². The van der Waals surface area contributed by atoms with Crippen LogP contribution in [0.1, 0.15) is 6.42 Å². The lowest BCUT2D eigenvalue weighted by Gasteiger charge is -2.15. The van der Waals surface area contributed by atoms with E-state index in [1.807, 2.05) is 18.2 Å². The Kier molecular flexibility index (Phi) is 3.46. The van der Waals surface area contributed by atoms with E-state index in [4.69, 9.17) is 10.5 Å². The Balaban J connectivity index is 2.00. The van der Waals surface area contributed by atoms with Crippen molar-refractivity contribution < 1.29 is 9.53 Å². The molecule has 86 valence electrons. The Hall–Kier alpha value is -1.07. The number of carbonyl (C=O) groups is 1. The maximum atomic E-state index is 11.7. The van der Waals surface area contributed by atoms with Crippen LogP contribution in [0.4, 0.5) is 4.79 Å². The van der Waals surface area contributed by atoms with Gasteiger partial charge in [-0.1, -0.05) is 12.1 Å². The minimum absolute atomic E-state index is 0.0757. The molecule has 1 unspecified atom stereocenters. The van der Waals surface area contributed by atoms with Crippen LogP contribution in [0.2, 0.25) is 0 Å². The van der Waals surface area contributed by atoms with Crippen LogP contribution in [-0.4, -0.2) is 30.1 Å². The third-order valence-corrected chi connectivity index (χ3v) is 3.17. The first-order chi connectivity index (χ1) is 7.66. The number of amides is 1. The van der Waals surface area contributed by atoms with Crippen molar-refractivity contribution in [2.45, 2.75) is 12.5 Å². The summed E-state index contributed by atoms with van der Waals surface area (Å²) in [6.07, 6.45) is 0.505. The second-order valence-electron chi connectivity index (χ2n) is 3.79. The van der Waals surface area contributed by atoms with Crippen molar-refractivity contribution in [2.75, 3.05) is 13.1 Å². The highest BCUT2D eigenvalue weighted by Gasteiger charge is 2.25. The number of halogens is 1. The van der Waals surface area contributed by atoms with Gasteiger partial charge in [0.2, 0.25) is 0 Å². The molecule has 1 heterocycles. The third kappa shape index (κ3) is 2.54. The lowest BCUT2D eigenvalue weighted by Crippen LogP contribution is -2.34. The van der Waals surface area contributed by atoms with Gasteiger partial charge in [-0.3, -0.25) is 0 Å². The van der Waals surface area contributed by atoms with E-state index >= 15 is 0 Å². The van der Waals surface area contributed by atoms with Crippen LogP contribution in [0.5, 0.6) is 5.75 Å². The molecular weight excluding hydrogens is 272 g/mol. The molecule has 1 aliphatic heterocycles. The van der Waals surface area contributed by atoms with E-state index < -0.39 is 0 Å². The Morgan fingerprint density at radius 2 is 2.25 bits per heavy atom. The SMILES string of the molecule is NC1CCN(C(=O)Oc2ccccc2Br)C1. The second kappa shape index (κ2) is 4.84. The van der Waals surface area contributed by atoms with Gasteiger partial charge in [0, 0.05) is 19.1 Å². The molecule has 5 heteroatoms. The topological polar surface area (TPSA) is 55.6 Å². The van der Waals surface area contributed by atoms with Crippen molar-refractivity contribution in [3.8, 4) is 5.75 Å². The van der Waals surface area contributed by atoms with Crippen molar-refractivity contribution in [1.82, 2.24) is 4.90 Å². The van der Waals surface area contributed by atoms with Gasteiger partial charge < -0.3 is 15.4 Å². The first kappa shape index (κ1) is 11.4. The standard InChI is InChI=1S/C11H13BrN2O2/c12-9-3-1-2-4-10(9)16-11(15)14-6-5-8(13)7-14/h1-4,8H,5-7,13H2. The van der Waals surface area contributed by atoms with E-state index in [-0.39, 0.29) is 12.1 Å². The Morgan fingerprint density at radius 3 is 2.88 bits per heavy atom. The molecule has 4 nitrogen and oxygen atoms in total. The maximum absolute atomic E-state index is 11.7. The molecule has 2 N–H and O–H groups in total. The van der Waals surface area contributed by atoms with E-state index in [1.54, 1.807) is 11.0 Å². The summed E-state index contributed by atoms with van der Waals surface area (Å²) in [6.45, 7) is 1.24. The molecule has 0 aliphatic carbocycles. The highest BCUT2D eigenvalue weighted by Crippen LogP contribution is 2.24. The van der Waals surface area contributed by atoms with Crippen molar-refractivity contribution in [2.24, 2.45) is 5.73 Å². The Bertz CT molecular complexity index is 397. The van der Waals surface area contributed by atoms with Gasteiger partial charge in [-0.15, -0.1) is 0 Å². The zero-order valence-corrected chi connectivity index (χ0v) is 10.3. The molecule has 0 radical (unpaired) electrons. The highest BCUT2D eigenvalue weighted by atomic mass is 79.9. The number of hydrogen-bond donors (Lipinski definition) is 1. The van der Waals surface area contributed by atoms with Gasteiger partial charge in [0.05, 0.1) is 4.47 Å². The van der Waals surface area contributed by atoms with E-state index in [2.05, 4.69) is 15.9 Å². The molecule has 1 amide bonds. The number of para-hydroxylation sites is 1. The summed E-state index contributed by atoms with van der Waals surface area (Å²) >= 11 is 3.32. The van der Waals surface area contributed by atoms with Gasteiger partial charge in [0.25, 0.3) is 0 Å². The Labute approximate surface area is 102 Å². The zero-order chi connectivity index (χ0) is 11.5. The number of hydrogen-bond acceptors (Lipinski definition) is 3. The molecule has 0 saturated carbocycles. The van der Waals surface area contributed by atoms with E-state index in [1.165, 1.54) is 0 Å². The predicted molar refractivity (Wildman–Crippen MR) is 64.3 cm³/mol. The van der Waals surface area contributed by atoms with Crippen molar-refractivity contribution in [1.29, 1.82) is 0 Å². The second-order valence-corrected chi connectivity index (χ2v) is 4.65. The van der Waals surface area contributed by atoms with Crippen LogP contribution < -0.4 is 10.5 Å². The van der Waals surface area contributed by atoms with Gasteiger partial charge >= 0.3 is 6.09 Å². The van der Waals surface area contributed by atoms with Gasteiger partial charge in [-0.05, 0) is 34.5 Å². The number of nitrogens with two attached hydrogens (primary N) is 1. The number of nitrogens with zero attached hydrogens (tertiary/aromatic N) is 1. The summed E-state index contributed by atoms with van der Waals surface area (Å²) in [7, 11) is 0. The van der Waals surface area contributed by atoms with Crippen molar-refractivity contribution in [3.63, 3.8) is 0 Å². The van der Waals surface area contributed by atoms with E-state index in [0.29, 0.717) is 18.8 Å². The summed E-state index contributed by atoms with van der Waals surface area (Å²) < 4.78 is 6.03. The molecule has 1 fully saturated rings. The summed E-state index contributed by atoms with van der Waals surface area (Å²) in [5, 5.41) is 0. The van der Waals surface area contributed by atoms with Crippen LogP contribution in [0.25, 0.3) is 0 Å². The van der Waals surface area contributed by atoms with Crippen molar-refractivity contribution >= 4 is 22.0 Å². The molecule has 16 heavy (non-hydrogen) atoms. The van der Waals surface area contributed by atoms with Crippen LogP contribution in [0.15, 0.2) is 28.7 Å². The Morgan fingerprint density at radius 1 is 1.50 bits per heavy atom. The molecule has 1 atom stereocenters. The molecule has 1 aromatic rings.